The number of nitrogens with one attached hydrogen (secondary N) is 2. The molecule has 0 radical (unpaired) electrons. The molecule has 1 rings (SSSR count). The first-order valence-electron chi connectivity index (χ1n) is 5.27. The summed E-state index contributed by atoms with van der Waals surface area (Å²) in [6.07, 6.45) is 3.61. The van der Waals surface area contributed by atoms with Crippen LogP contribution in [0.4, 0.5) is 0 Å². The van der Waals surface area contributed by atoms with Crippen LogP contribution in [0, 0.1) is 5.92 Å². The lowest BCUT2D eigenvalue weighted by Crippen LogP contribution is -2.52. The van der Waals surface area contributed by atoms with E-state index in [1.807, 2.05) is 0 Å². The van der Waals surface area contributed by atoms with E-state index in [4.69, 9.17) is 5.73 Å². The zero-order valence-corrected chi connectivity index (χ0v) is 11.5. The van der Waals surface area contributed by atoms with Crippen molar-refractivity contribution in [1.29, 1.82) is 0 Å². The number of hydrogen-bond acceptors (Lipinski definition) is 4. The number of hydrogen-bond donors (Lipinski definition) is 3. The molecule has 0 saturated heterocycles. The Bertz CT molecular complexity index is 306. The van der Waals surface area contributed by atoms with Crippen molar-refractivity contribution in [3.63, 3.8) is 0 Å². The molecule has 1 aliphatic rings. The van der Waals surface area contributed by atoms with E-state index >= 15 is 0 Å². The maximum atomic E-state index is 10.8. The van der Waals surface area contributed by atoms with Crippen LogP contribution < -0.4 is 15.8 Å². The molecule has 0 heterocycles. The van der Waals surface area contributed by atoms with Gasteiger partial charge in [-0.1, -0.05) is 0 Å². The van der Waals surface area contributed by atoms with E-state index in [1.54, 1.807) is 0 Å². The van der Waals surface area contributed by atoms with Gasteiger partial charge in [0, 0.05) is 25.2 Å². The van der Waals surface area contributed by atoms with Crippen LogP contribution in [0.15, 0.2) is 0 Å². The molecule has 5 nitrogen and oxygen atoms in total. The van der Waals surface area contributed by atoms with Crippen LogP contribution in [0.3, 0.4) is 0 Å². The SMILES string of the molecule is CC(CN)(NCCNS(C)(=O)=O)C1CC1.Cl. The van der Waals surface area contributed by atoms with E-state index in [0.717, 1.165) is 6.26 Å². The standard InChI is InChI=1S/C9H21N3O2S.ClH/c1-9(7-10,8-3-4-8)11-5-6-12-15(2,13)14;/h8,11-12H,3-7,10H2,1-2H3;1H. The van der Waals surface area contributed by atoms with Gasteiger partial charge in [0.25, 0.3) is 0 Å². The average molecular weight is 272 g/mol. The smallest absolute Gasteiger partial charge is 0.208 e. The normalized spacial score (nSPS) is 19.9. The van der Waals surface area contributed by atoms with Crippen LogP contribution in [0.2, 0.25) is 0 Å². The number of rotatable bonds is 7. The topological polar surface area (TPSA) is 84.2 Å². The van der Waals surface area contributed by atoms with Gasteiger partial charge in [-0.2, -0.15) is 0 Å². The van der Waals surface area contributed by atoms with Gasteiger partial charge in [-0.25, -0.2) is 13.1 Å². The van der Waals surface area contributed by atoms with Crippen LogP contribution in [0.5, 0.6) is 0 Å². The van der Waals surface area contributed by atoms with Crippen LogP contribution in [-0.4, -0.2) is 39.8 Å². The molecule has 4 N–H and O–H groups in total. The summed E-state index contributed by atoms with van der Waals surface area (Å²) in [5.41, 5.74) is 5.69. The van der Waals surface area contributed by atoms with Gasteiger partial charge in [0.15, 0.2) is 0 Å². The van der Waals surface area contributed by atoms with E-state index in [0.29, 0.717) is 25.6 Å². The van der Waals surface area contributed by atoms with Crippen molar-refractivity contribution >= 4 is 22.4 Å². The largest absolute Gasteiger partial charge is 0.329 e. The Morgan fingerprint density at radius 2 is 1.94 bits per heavy atom. The first-order chi connectivity index (χ1) is 6.87. The van der Waals surface area contributed by atoms with Crippen LogP contribution >= 0.6 is 12.4 Å². The minimum absolute atomic E-state index is 0. The summed E-state index contributed by atoms with van der Waals surface area (Å²) in [5.74, 6) is 0.653. The highest BCUT2D eigenvalue weighted by Gasteiger charge is 2.39. The Morgan fingerprint density at radius 3 is 2.31 bits per heavy atom. The zero-order valence-electron chi connectivity index (χ0n) is 9.82. The molecule has 0 aromatic rings. The fourth-order valence-corrected chi connectivity index (χ4v) is 2.16. The summed E-state index contributed by atoms with van der Waals surface area (Å²) in [4.78, 5) is 0. The van der Waals surface area contributed by atoms with E-state index in [9.17, 15) is 8.42 Å². The molecule has 0 aliphatic heterocycles. The fraction of sp³-hybridized carbons (Fsp3) is 1.00. The molecule has 1 aliphatic carbocycles. The molecule has 0 spiro atoms. The third kappa shape index (κ3) is 5.45. The predicted octanol–water partition coefficient (Wildman–Crippen LogP) is -0.326. The molecular formula is C9H22ClN3O2S. The summed E-state index contributed by atoms with van der Waals surface area (Å²) in [7, 11) is -3.07. The van der Waals surface area contributed by atoms with Crippen LogP contribution in [0.1, 0.15) is 19.8 Å². The minimum atomic E-state index is -3.07. The van der Waals surface area contributed by atoms with Crippen LogP contribution in [-0.2, 0) is 10.0 Å². The highest BCUT2D eigenvalue weighted by Crippen LogP contribution is 2.38. The summed E-state index contributed by atoms with van der Waals surface area (Å²) >= 11 is 0. The highest BCUT2D eigenvalue weighted by atomic mass is 35.5. The molecule has 16 heavy (non-hydrogen) atoms. The van der Waals surface area contributed by atoms with Crippen molar-refractivity contribution in [2.75, 3.05) is 25.9 Å². The number of halogens is 1. The fourth-order valence-electron chi connectivity index (χ4n) is 1.69. The van der Waals surface area contributed by atoms with Crippen molar-refractivity contribution in [2.24, 2.45) is 11.7 Å². The molecule has 1 atom stereocenters. The predicted molar refractivity (Wildman–Crippen MR) is 68.3 cm³/mol. The van der Waals surface area contributed by atoms with E-state index in [2.05, 4.69) is 17.0 Å². The molecule has 0 aromatic heterocycles. The van der Waals surface area contributed by atoms with Gasteiger partial charge < -0.3 is 11.1 Å². The second-order valence-corrected chi connectivity index (χ2v) is 6.32. The summed E-state index contributed by atoms with van der Waals surface area (Å²) in [6, 6.07) is 0. The van der Waals surface area contributed by atoms with E-state index in [1.165, 1.54) is 12.8 Å². The van der Waals surface area contributed by atoms with Crippen molar-refractivity contribution in [3.05, 3.63) is 0 Å². The van der Waals surface area contributed by atoms with Gasteiger partial charge in [-0.05, 0) is 25.7 Å². The average Bonchev–Trinajstić information content (AvgIpc) is 2.93. The maximum absolute atomic E-state index is 10.8. The molecule has 0 amide bonds. The third-order valence-electron chi connectivity index (χ3n) is 2.92. The summed E-state index contributed by atoms with van der Waals surface area (Å²) in [5, 5.41) is 3.33. The summed E-state index contributed by atoms with van der Waals surface area (Å²) in [6.45, 7) is 3.74. The van der Waals surface area contributed by atoms with Crippen molar-refractivity contribution in [1.82, 2.24) is 10.0 Å². The quantitative estimate of drug-likeness (QED) is 0.554. The van der Waals surface area contributed by atoms with Crippen molar-refractivity contribution in [2.45, 2.75) is 25.3 Å². The Labute approximate surface area is 104 Å². The minimum Gasteiger partial charge on any atom is -0.329 e. The second kappa shape index (κ2) is 6.16. The Kier molecular flexibility index (Phi) is 6.21. The Balaban J connectivity index is 0.00000225. The van der Waals surface area contributed by atoms with Gasteiger partial charge in [-0.15, -0.1) is 12.4 Å². The maximum Gasteiger partial charge on any atom is 0.208 e. The van der Waals surface area contributed by atoms with Gasteiger partial charge in [0.05, 0.1) is 6.26 Å². The van der Waals surface area contributed by atoms with Gasteiger partial charge in [0.2, 0.25) is 10.0 Å². The molecule has 1 fully saturated rings. The molecular weight excluding hydrogens is 250 g/mol. The van der Waals surface area contributed by atoms with E-state index < -0.39 is 10.0 Å². The molecule has 7 heteroatoms. The second-order valence-electron chi connectivity index (χ2n) is 4.49. The number of nitrogens with two attached hydrogens (primary N) is 1. The molecule has 1 saturated carbocycles. The lowest BCUT2D eigenvalue weighted by molar-refractivity contribution is 0.322. The summed E-state index contributed by atoms with van der Waals surface area (Å²) < 4.78 is 24.1. The van der Waals surface area contributed by atoms with Gasteiger partial charge in [-0.3, -0.25) is 0 Å². The van der Waals surface area contributed by atoms with Gasteiger partial charge >= 0.3 is 0 Å². The third-order valence-corrected chi connectivity index (χ3v) is 3.65. The van der Waals surface area contributed by atoms with Crippen molar-refractivity contribution in [3.8, 4) is 0 Å². The van der Waals surface area contributed by atoms with Crippen LogP contribution in [0.25, 0.3) is 0 Å². The molecule has 1 unspecified atom stereocenters. The highest BCUT2D eigenvalue weighted by molar-refractivity contribution is 7.88. The first kappa shape index (κ1) is 16.1. The Hall–Kier alpha value is 0.120. The van der Waals surface area contributed by atoms with Gasteiger partial charge in [0.1, 0.15) is 0 Å². The molecule has 0 aromatic carbocycles. The zero-order chi connectivity index (χ0) is 11.5. The van der Waals surface area contributed by atoms with E-state index in [-0.39, 0.29) is 17.9 Å². The monoisotopic (exact) mass is 271 g/mol. The molecule has 0 bridgehead atoms. The number of sulfonamides is 1. The lowest BCUT2D eigenvalue weighted by atomic mass is 9.96. The first-order valence-corrected chi connectivity index (χ1v) is 7.16. The lowest BCUT2D eigenvalue weighted by Gasteiger charge is -2.29. The van der Waals surface area contributed by atoms with Crippen molar-refractivity contribution < 1.29 is 8.42 Å². The molecule has 98 valence electrons. The Morgan fingerprint density at radius 1 is 1.38 bits per heavy atom.